The van der Waals surface area contributed by atoms with Crippen LogP contribution in [0.3, 0.4) is 0 Å². The highest BCUT2D eigenvalue weighted by molar-refractivity contribution is 7.09. The maximum atomic E-state index is 4.73. The lowest BCUT2D eigenvalue weighted by Crippen LogP contribution is -2.38. The number of hydrogen-bond donors (Lipinski definition) is 1. The number of nitrogens with zero attached hydrogens (tertiary/aromatic N) is 4. The first kappa shape index (κ1) is 17.5. The summed E-state index contributed by atoms with van der Waals surface area (Å²) in [7, 11) is 4.13. The van der Waals surface area contributed by atoms with Crippen LogP contribution in [0.5, 0.6) is 0 Å². The Labute approximate surface area is 143 Å². The van der Waals surface area contributed by atoms with Gasteiger partial charge in [-0.25, -0.2) is 9.98 Å². The van der Waals surface area contributed by atoms with E-state index in [9.17, 15) is 0 Å². The lowest BCUT2D eigenvalue weighted by molar-refractivity contribution is 0.461. The van der Waals surface area contributed by atoms with Gasteiger partial charge in [0.05, 0.1) is 23.8 Å². The lowest BCUT2D eigenvalue weighted by atomic mass is 10.2. The van der Waals surface area contributed by atoms with Crippen molar-refractivity contribution in [3.63, 3.8) is 0 Å². The number of aryl methyl sites for hydroxylation is 1. The maximum absolute atomic E-state index is 4.73. The maximum Gasteiger partial charge on any atom is 0.194 e. The molecule has 0 unspecified atom stereocenters. The summed E-state index contributed by atoms with van der Waals surface area (Å²) in [6.45, 7) is 8.72. The van der Waals surface area contributed by atoms with Gasteiger partial charge in [0.2, 0.25) is 0 Å². The highest BCUT2D eigenvalue weighted by Crippen LogP contribution is 2.19. The van der Waals surface area contributed by atoms with Gasteiger partial charge in [-0.1, -0.05) is 13.8 Å². The second-order valence-corrected chi connectivity index (χ2v) is 6.86. The fourth-order valence-electron chi connectivity index (χ4n) is 2.26. The van der Waals surface area contributed by atoms with E-state index in [2.05, 4.69) is 78.3 Å². The Morgan fingerprint density at radius 3 is 2.83 bits per heavy atom. The molecule has 0 bridgehead atoms. The summed E-state index contributed by atoms with van der Waals surface area (Å²) in [5.41, 5.74) is 2.30. The molecule has 0 aliphatic heterocycles. The molecule has 2 aromatic rings. The first-order valence-corrected chi connectivity index (χ1v) is 8.93. The zero-order chi connectivity index (χ0) is 16.8. The molecular formula is C17H27N5S. The van der Waals surface area contributed by atoms with Crippen LogP contribution in [0.25, 0.3) is 0 Å². The Morgan fingerprint density at radius 2 is 2.26 bits per heavy atom. The third kappa shape index (κ3) is 4.82. The van der Waals surface area contributed by atoms with Crippen molar-refractivity contribution in [1.82, 2.24) is 19.8 Å². The predicted molar refractivity (Wildman–Crippen MR) is 97.9 cm³/mol. The molecule has 0 spiro atoms. The molecule has 0 aromatic carbocycles. The number of hydrogen-bond acceptors (Lipinski definition) is 3. The molecular weight excluding hydrogens is 306 g/mol. The number of aliphatic imine (C=N–C) groups is 1. The standard InChI is InChI=1S/C17H27N5S/c1-6-18-17(22(5)11-15-8-7-9-21(15)4)19-10-14-12-23-16(20-14)13(2)3/h7-9,12-13H,6,10-11H2,1-5H3,(H,18,19). The summed E-state index contributed by atoms with van der Waals surface area (Å²) < 4.78 is 2.13. The first-order chi connectivity index (χ1) is 11.0. The van der Waals surface area contributed by atoms with Crippen molar-refractivity contribution in [2.75, 3.05) is 13.6 Å². The molecule has 2 heterocycles. The van der Waals surface area contributed by atoms with Crippen molar-refractivity contribution in [2.45, 2.75) is 39.8 Å². The molecule has 126 valence electrons. The predicted octanol–water partition coefficient (Wildman–Crippen LogP) is 3.20. The molecule has 1 N–H and O–H groups in total. The Morgan fingerprint density at radius 1 is 1.48 bits per heavy atom. The summed E-state index contributed by atoms with van der Waals surface area (Å²) in [5, 5.41) is 6.65. The van der Waals surface area contributed by atoms with Crippen molar-refractivity contribution >= 4 is 17.3 Å². The number of aromatic nitrogens is 2. The van der Waals surface area contributed by atoms with Crippen LogP contribution in [-0.2, 0) is 20.1 Å². The van der Waals surface area contributed by atoms with Gasteiger partial charge in [-0.3, -0.25) is 0 Å². The molecule has 0 saturated carbocycles. The topological polar surface area (TPSA) is 45.5 Å². The van der Waals surface area contributed by atoms with E-state index in [0.717, 1.165) is 24.7 Å². The molecule has 5 nitrogen and oxygen atoms in total. The summed E-state index contributed by atoms with van der Waals surface area (Å²) >= 11 is 1.72. The highest BCUT2D eigenvalue weighted by atomic mass is 32.1. The average molecular weight is 334 g/mol. The van der Waals surface area contributed by atoms with Gasteiger partial charge in [-0.15, -0.1) is 11.3 Å². The number of nitrogens with one attached hydrogen (secondary N) is 1. The van der Waals surface area contributed by atoms with Crippen LogP contribution in [0.2, 0.25) is 0 Å². The fraction of sp³-hybridized carbons (Fsp3) is 0.529. The van der Waals surface area contributed by atoms with Crippen LogP contribution in [0.4, 0.5) is 0 Å². The van der Waals surface area contributed by atoms with Crippen molar-refractivity contribution in [1.29, 1.82) is 0 Å². The summed E-state index contributed by atoms with van der Waals surface area (Å²) in [5.74, 6) is 1.39. The SMILES string of the molecule is CCNC(=NCc1csc(C(C)C)n1)N(C)Cc1cccn1C. The van der Waals surface area contributed by atoms with Crippen LogP contribution < -0.4 is 5.32 Å². The number of thiazole rings is 1. The molecule has 0 saturated heterocycles. The molecule has 2 rings (SSSR count). The summed E-state index contributed by atoms with van der Waals surface area (Å²) in [6.07, 6.45) is 2.07. The Balaban J connectivity index is 2.05. The van der Waals surface area contributed by atoms with Crippen molar-refractivity contribution in [3.05, 3.63) is 40.1 Å². The Bertz CT molecular complexity index is 641. The van der Waals surface area contributed by atoms with Gasteiger partial charge >= 0.3 is 0 Å². The monoisotopic (exact) mass is 333 g/mol. The van der Waals surface area contributed by atoms with E-state index in [1.165, 1.54) is 10.7 Å². The largest absolute Gasteiger partial charge is 0.357 e. The molecule has 0 radical (unpaired) electrons. The van der Waals surface area contributed by atoms with E-state index >= 15 is 0 Å². The van der Waals surface area contributed by atoms with E-state index in [-0.39, 0.29) is 0 Å². The molecule has 0 aliphatic rings. The van der Waals surface area contributed by atoms with E-state index in [1.807, 2.05) is 0 Å². The van der Waals surface area contributed by atoms with Crippen LogP contribution in [0, 0.1) is 0 Å². The van der Waals surface area contributed by atoms with Crippen LogP contribution >= 0.6 is 11.3 Å². The minimum Gasteiger partial charge on any atom is -0.357 e. The molecule has 0 fully saturated rings. The highest BCUT2D eigenvalue weighted by Gasteiger charge is 2.09. The number of rotatable bonds is 6. The molecule has 0 amide bonds. The molecule has 23 heavy (non-hydrogen) atoms. The molecule has 0 aliphatic carbocycles. The second kappa shape index (κ2) is 8.15. The van der Waals surface area contributed by atoms with E-state index < -0.39 is 0 Å². The summed E-state index contributed by atoms with van der Waals surface area (Å²) in [4.78, 5) is 11.5. The van der Waals surface area contributed by atoms with E-state index in [0.29, 0.717) is 12.5 Å². The third-order valence-electron chi connectivity index (χ3n) is 3.60. The van der Waals surface area contributed by atoms with E-state index in [4.69, 9.17) is 4.99 Å². The zero-order valence-corrected chi connectivity index (χ0v) is 15.5. The quantitative estimate of drug-likeness (QED) is 0.652. The van der Waals surface area contributed by atoms with Crippen molar-refractivity contribution in [3.8, 4) is 0 Å². The van der Waals surface area contributed by atoms with Crippen LogP contribution in [0.15, 0.2) is 28.7 Å². The van der Waals surface area contributed by atoms with Crippen molar-refractivity contribution in [2.24, 2.45) is 12.0 Å². The summed E-state index contributed by atoms with van der Waals surface area (Å²) in [6, 6.07) is 4.20. The zero-order valence-electron chi connectivity index (χ0n) is 14.7. The minimum atomic E-state index is 0.478. The molecule has 2 aromatic heterocycles. The molecule has 6 heteroatoms. The van der Waals surface area contributed by atoms with Crippen LogP contribution in [-0.4, -0.2) is 34.0 Å². The van der Waals surface area contributed by atoms with Gasteiger partial charge in [0, 0.05) is 43.8 Å². The minimum absolute atomic E-state index is 0.478. The Kier molecular flexibility index (Phi) is 6.21. The smallest absolute Gasteiger partial charge is 0.194 e. The van der Waals surface area contributed by atoms with E-state index in [1.54, 1.807) is 11.3 Å². The normalized spacial score (nSPS) is 12.0. The first-order valence-electron chi connectivity index (χ1n) is 8.05. The van der Waals surface area contributed by atoms with Crippen LogP contribution in [0.1, 0.15) is 43.1 Å². The second-order valence-electron chi connectivity index (χ2n) is 5.97. The van der Waals surface area contributed by atoms with Gasteiger partial charge in [-0.05, 0) is 19.1 Å². The van der Waals surface area contributed by atoms with Gasteiger partial charge in [0.1, 0.15) is 0 Å². The average Bonchev–Trinajstić information content (AvgIpc) is 3.13. The molecule has 0 atom stereocenters. The van der Waals surface area contributed by atoms with Gasteiger partial charge in [0.25, 0.3) is 0 Å². The van der Waals surface area contributed by atoms with Gasteiger partial charge < -0.3 is 14.8 Å². The number of guanidine groups is 1. The Hall–Kier alpha value is -1.82. The lowest BCUT2D eigenvalue weighted by Gasteiger charge is -2.22. The fourth-order valence-corrected chi connectivity index (χ4v) is 3.09. The third-order valence-corrected chi connectivity index (χ3v) is 4.80. The van der Waals surface area contributed by atoms with Crippen molar-refractivity contribution < 1.29 is 0 Å². The van der Waals surface area contributed by atoms with Gasteiger partial charge in [0.15, 0.2) is 5.96 Å². The van der Waals surface area contributed by atoms with Gasteiger partial charge in [-0.2, -0.15) is 0 Å².